The molecule has 0 spiro atoms. The zero-order chi connectivity index (χ0) is 4.85. The topological polar surface area (TPSA) is 0 Å². The van der Waals surface area contributed by atoms with Gasteiger partial charge in [0.05, 0.1) is 0 Å². The Morgan fingerprint density at radius 2 is 2.29 bits per heavy atom. The molecule has 0 saturated heterocycles. The van der Waals surface area contributed by atoms with Crippen LogP contribution in [0, 0.1) is 17.8 Å². The van der Waals surface area contributed by atoms with Gasteiger partial charge in [0.15, 0.2) is 0 Å². The molecule has 0 aliphatic heterocycles. The van der Waals surface area contributed by atoms with E-state index in [0.29, 0.717) is 0 Å². The van der Waals surface area contributed by atoms with E-state index in [1.54, 1.807) is 0 Å². The SMILES string of the molecule is C[C@H]1C=CC2CC21. The maximum absolute atomic E-state index is 2.37. The molecule has 7 heavy (non-hydrogen) atoms. The van der Waals surface area contributed by atoms with Crippen molar-refractivity contribution in [3.05, 3.63) is 12.2 Å². The summed E-state index contributed by atoms with van der Waals surface area (Å²) in [5, 5.41) is 0. The maximum Gasteiger partial charge on any atom is -0.0196 e. The van der Waals surface area contributed by atoms with Crippen molar-refractivity contribution in [2.24, 2.45) is 17.8 Å². The van der Waals surface area contributed by atoms with Crippen molar-refractivity contribution in [3.8, 4) is 0 Å². The van der Waals surface area contributed by atoms with Gasteiger partial charge in [-0.1, -0.05) is 19.1 Å². The van der Waals surface area contributed by atoms with E-state index >= 15 is 0 Å². The molecule has 2 aliphatic rings. The molecule has 0 nitrogen and oxygen atoms in total. The van der Waals surface area contributed by atoms with Crippen molar-refractivity contribution in [1.82, 2.24) is 0 Å². The third-order valence-electron chi connectivity index (χ3n) is 2.23. The molecule has 0 heteroatoms. The fourth-order valence-corrected chi connectivity index (χ4v) is 1.52. The zero-order valence-corrected chi connectivity index (χ0v) is 4.59. The molecule has 0 amide bonds. The standard InChI is InChI=1S/C7H10/c1-5-2-3-6-4-7(5)6/h2-3,5-7H,4H2,1H3/t5-,6?,7?/m0/s1. The zero-order valence-electron chi connectivity index (χ0n) is 4.59. The highest BCUT2D eigenvalue weighted by Gasteiger charge is 2.41. The van der Waals surface area contributed by atoms with Crippen LogP contribution in [0.3, 0.4) is 0 Å². The molecule has 0 heterocycles. The predicted octanol–water partition coefficient (Wildman–Crippen LogP) is 1.83. The monoisotopic (exact) mass is 94.1 g/mol. The molecule has 2 unspecified atom stereocenters. The highest BCUT2D eigenvalue weighted by Crippen LogP contribution is 2.50. The van der Waals surface area contributed by atoms with Gasteiger partial charge in [-0.25, -0.2) is 0 Å². The second-order valence-corrected chi connectivity index (χ2v) is 2.81. The lowest BCUT2D eigenvalue weighted by Crippen LogP contribution is -1.85. The Hall–Kier alpha value is -0.260. The Bertz CT molecular complexity index is 113. The summed E-state index contributed by atoms with van der Waals surface area (Å²) >= 11 is 0. The maximum atomic E-state index is 2.37. The Balaban J connectivity index is 2.22. The van der Waals surface area contributed by atoms with E-state index in [4.69, 9.17) is 0 Å². The van der Waals surface area contributed by atoms with Gasteiger partial charge in [-0.2, -0.15) is 0 Å². The fraction of sp³-hybridized carbons (Fsp3) is 0.714. The third-order valence-corrected chi connectivity index (χ3v) is 2.23. The number of allylic oxidation sites excluding steroid dienone is 2. The molecule has 2 aliphatic carbocycles. The van der Waals surface area contributed by atoms with Crippen LogP contribution in [0.15, 0.2) is 12.2 Å². The molecular weight excluding hydrogens is 84.1 g/mol. The molecule has 0 aromatic heterocycles. The normalized spacial score (nSPS) is 54.7. The summed E-state index contributed by atoms with van der Waals surface area (Å²) in [5.74, 6) is 2.99. The van der Waals surface area contributed by atoms with Gasteiger partial charge in [-0.05, 0) is 24.2 Å². The molecule has 3 atom stereocenters. The Labute approximate surface area is 44.2 Å². The first kappa shape index (κ1) is 3.71. The third kappa shape index (κ3) is 0.370. The van der Waals surface area contributed by atoms with E-state index in [1.807, 2.05) is 0 Å². The lowest BCUT2D eigenvalue weighted by Gasteiger charge is -1.93. The minimum Gasteiger partial charge on any atom is -0.0851 e. The van der Waals surface area contributed by atoms with Gasteiger partial charge in [0.25, 0.3) is 0 Å². The van der Waals surface area contributed by atoms with Crippen molar-refractivity contribution in [1.29, 1.82) is 0 Å². The van der Waals surface area contributed by atoms with Gasteiger partial charge < -0.3 is 0 Å². The Morgan fingerprint density at radius 1 is 1.43 bits per heavy atom. The van der Waals surface area contributed by atoms with Crippen LogP contribution in [0.1, 0.15) is 13.3 Å². The molecule has 2 rings (SSSR count). The quantitative estimate of drug-likeness (QED) is 0.402. The first-order valence-corrected chi connectivity index (χ1v) is 3.06. The highest BCUT2D eigenvalue weighted by atomic mass is 14.5. The van der Waals surface area contributed by atoms with E-state index in [-0.39, 0.29) is 0 Å². The van der Waals surface area contributed by atoms with Crippen molar-refractivity contribution in [3.63, 3.8) is 0 Å². The lowest BCUT2D eigenvalue weighted by molar-refractivity contribution is 0.634. The largest absolute Gasteiger partial charge is 0.0851 e. The summed E-state index contributed by atoms with van der Waals surface area (Å²) in [5.41, 5.74) is 0. The van der Waals surface area contributed by atoms with Gasteiger partial charge >= 0.3 is 0 Å². The minimum absolute atomic E-state index is 0.907. The van der Waals surface area contributed by atoms with Crippen LogP contribution < -0.4 is 0 Å². The number of hydrogen-bond acceptors (Lipinski definition) is 0. The molecule has 0 radical (unpaired) electrons. The van der Waals surface area contributed by atoms with Gasteiger partial charge in [0.2, 0.25) is 0 Å². The molecule has 0 aromatic rings. The smallest absolute Gasteiger partial charge is 0.0196 e. The first-order valence-electron chi connectivity index (χ1n) is 3.06. The predicted molar refractivity (Wildman–Crippen MR) is 29.9 cm³/mol. The van der Waals surface area contributed by atoms with Gasteiger partial charge in [-0.15, -0.1) is 0 Å². The minimum atomic E-state index is 0.907. The van der Waals surface area contributed by atoms with Crippen LogP contribution in [0.25, 0.3) is 0 Å². The van der Waals surface area contributed by atoms with Crippen molar-refractivity contribution < 1.29 is 0 Å². The van der Waals surface area contributed by atoms with Crippen LogP contribution in [-0.4, -0.2) is 0 Å². The van der Waals surface area contributed by atoms with E-state index < -0.39 is 0 Å². The van der Waals surface area contributed by atoms with Crippen LogP contribution in [0.4, 0.5) is 0 Å². The Kier molecular flexibility index (Phi) is 0.495. The van der Waals surface area contributed by atoms with Gasteiger partial charge in [-0.3, -0.25) is 0 Å². The van der Waals surface area contributed by atoms with E-state index in [9.17, 15) is 0 Å². The highest BCUT2D eigenvalue weighted by molar-refractivity contribution is 5.14. The summed E-state index contributed by atoms with van der Waals surface area (Å²) in [6.45, 7) is 2.31. The summed E-state index contributed by atoms with van der Waals surface area (Å²) in [4.78, 5) is 0. The number of hydrogen-bond donors (Lipinski definition) is 0. The lowest BCUT2D eigenvalue weighted by atomic mass is 10.1. The average Bonchev–Trinajstić information content (AvgIpc) is 2.33. The molecular formula is C7H10. The van der Waals surface area contributed by atoms with E-state index in [0.717, 1.165) is 17.8 Å². The average molecular weight is 94.2 g/mol. The number of fused-ring (bicyclic) bond motifs is 1. The van der Waals surface area contributed by atoms with Crippen molar-refractivity contribution in [2.75, 3.05) is 0 Å². The summed E-state index contributed by atoms with van der Waals surface area (Å²) in [6.07, 6.45) is 6.20. The first-order chi connectivity index (χ1) is 3.38. The van der Waals surface area contributed by atoms with E-state index in [2.05, 4.69) is 19.1 Å². The summed E-state index contributed by atoms with van der Waals surface area (Å²) < 4.78 is 0. The second kappa shape index (κ2) is 0.936. The van der Waals surface area contributed by atoms with Gasteiger partial charge in [0, 0.05) is 0 Å². The van der Waals surface area contributed by atoms with Gasteiger partial charge in [0.1, 0.15) is 0 Å². The van der Waals surface area contributed by atoms with Crippen LogP contribution in [-0.2, 0) is 0 Å². The molecule has 0 bridgehead atoms. The van der Waals surface area contributed by atoms with Crippen molar-refractivity contribution in [2.45, 2.75) is 13.3 Å². The van der Waals surface area contributed by atoms with Crippen LogP contribution in [0.2, 0.25) is 0 Å². The number of rotatable bonds is 0. The van der Waals surface area contributed by atoms with Crippen molar-refractivity contribution >= 4 is 0 Å². The van der Waals surface area contributed by atoms with Crippen LogP contribution in [0.5, 0.6) is 0 Å². The molecule has 0 aromatic carbocycles. The molecule has 1 saturated carbocycles. The molecule has 38 valence electrons. The molecule has 1 fully saturated rings. The Morgan fingerprint density at radius 3 is 2.43 bits per heavy atom. The van der Waals surface area contributed by atoms with Crippen LogP contribution >= 0.6 is 0 Å². The molecule has 0 N–H and O–H groups in total. The summed E-state index contributed by atoms with van der Waals surface area (Å²) in [6, 6.07) is 0. The second-order valence-electron chi connectivity index (χ2n) is 2.81. The summed E-state index contributed by atoms with van der Waals surface area (Å²) in [7, 11) is 0. The fourth-order valence-electron chi connectivity index (χ4n) is 1.52. The van der Waals surface area contributed by atoms with E-state index in [1.165, 1.54) is 6.42 Å².